The summed E-state index contributed by atoms with van der Waals surface area (Å²) in [6.07, 6.45) is -3.24. The second kappa shape index (κ2) is 6.06. The Morgan fingerprint density at radius 3 is 2.60 bits per heavy atom. The number of rotatable bonds is 5. The zero-order valence-electron chi connectivity index (χ0n) is 10.5. The van der Waals surface area contributed by atoms with Gasteiger partial charge < -0.3 is 0 Å². The predicted octanol–water partition coefficient (Wildman–Crippen LogP) is 0.831. The van der Waals surface area contributed by atoms with Crippen LogP contribution in [0.4, 0.5) is 13.2 Å². The molecule has 6 nitrogen and oxygen atoms in total. The third-order valence-electron chi connectivity index (χ3n) is 2.34. The molecule has 0 aliphatic heterocycles. The average Bonchev–Trinajstić information content (AvgIpc) is 2.78. The van der Waals surface area contributed by atoms with E-state index in [0.29, 0.717) is 4.90 Å². The molecule has 0 aliphatic rings. The Morgan fingerprint density at radius 1 is 1.55 bits per heavy atom. The van der Waals surface area contributed by atoms with Crippen molar-refractivity contribution in [3.05, 3.63) is 11.6 Å². The molecule has 0 aromatic carbocycles. The molecule has 1 rings (SSSR count). The molecule has 0 fully saturated rings. The van der Waals surface area contributed by atoms with Crippen molar-refractivity contribution in [2.45, 2.75) is 23.5 Å². The summed E-state index contributed by atoms with van der Waals surface area (Å²) in [7, 11) is -3.06. The molecular formula is C9H12F3N3O3S2. The van der Waals surface area contributed by atoms with Crippen LogP contribution in [-0.4, -0.2) is 50.0 Å². The van der Waals surface area contributed by atoms with Crippen LogP contribution in [0.3, 0.4) is 0 Å². The van der Waals surface area contributed by atoms with Crippen molar-refractivity contribution in [2.75, 3.05) is 13.6 Å². The summed E-state index contributed by atoms with van der Waals surface area (Å²) in [5.41, 5.74) is 0. The van der Waals surface area contributed by atoms with Gasteiger partial charge in [0.05, 0.1) is 12.6 Å². The second-order valence-electron chi connectivity index (χ2n) is 3.97. The van der Waals surface area contributed by atoms with Crippen LogP contribution in [0.25, 0.3) is 0 Å². The van der Waals surface area contributed by atoms with E-state index in [1.807, 2.05) is 0 Å². The molecule has 1 N–H and O–H groups in total. The molecule has 0 bridgehead atoms. The van der Waals surface area contributed by atoms with Gasteiger partial charge in [-0.05, 0) is 14.0 Å². The number of nitrogens with zero attached hydrogens (tertiary/aromatic N) is 2. The van der Waals surface area contributed by atoms with Gasteiger partial charge >= 0.3 is 6.18 Å². The molecule has 114 valence electrons. The molecule has 0 saturated carbocycles. The van der Waals surface area contributed by atoms with E-state index in [1.165, 1.54) is 18.5 Å². The van der Waals surface area contributed by atoms with Crippen LogP contribution in [0.1, 0.15) is 6.92 Å². The number of nitrogens with one attached hydrogen (secondary N) is 1. The molecular weight excluding hydrogens is 319 g/mol. The number of sulfonamides is 1. The number of carbonyl (C=O) groups excluding carboxylic acids is 1. The SMILES string of the molecule is CC(C(=O)NS(=O)(=O)c1nccs1)N(C)CC(F)(F)F. The lowest BCUT2D eigenvalue weighted by atomic mass is 10.3. The minimum Gasteiger partial charge on any atom is -0.287 e. The van der Waals surface area contributed by atoms with Crippen LogP contribution in [0.2, 0.25) is 0 Å². The topological polar surface area (TPSA) is 79.4 Å². The summed E-state index contributed by atoms with van der Waals surface area (Å²) < 4.78 is 61.3. The van der Waals surface area contributed by atoms with Crippen molar-refractivity contribution in [2.24, 2.45) is 0 Å². The fraction of sp³-hybridized carbons (Fsp3) is 0.556. The zero-order valence-corrected chi connectivity index (χ0v) is 12.1. The standard InChI is InChI=1S/C9H12F3N3O3S2/c1-6(15(2)5-9(10,11)12)7(16)14-20(17,18)8-13-3-4-19-8/h3-4,6H,5H2,1-2H3,(H,14,16). The summed E-state index contributed by atoms with van der Waals surface area (Å²) in [6, 6.07) is -1.26. The highest BCUT2D eigenvalue weighted by Crippen LogP contribution is 2.17. The van der Waals surface area contributed by atoms with Gasteiger partial charge in [-0.2, -0.15) is 21.6 Å². The third-order valence-corrected chi connectivity index (χ3v) is 4.89. The van der Waals surface area contributed by atoms with Gasteiger partial charge in [0.1, 0.15) is 0 Å². The Bertz CT molecular complexity index is 557. The summed E-state index contributed by atoms with van der Waals surface area (Å²) in [6.45, 7) is -0.142. The summed E-state index contributed by atoms with van der Waals surface area (Å²) in [5, 5.41) is 1.40. The lowest BCUT2D eigenvalue weighted by molar-refractivity contribution is -0.150. The molecule has 1 aromatic heterocycles. The second-order valence-corrected chi connectivity index (χ2v) is 6.72. The molecule has 1 atom stereocenters. The number of thiazole rings is 1. The highest BCUT2D eigenvalue weighted by molar-refractivity contribution is 7.92. The van der Waals surface area contributed by atoms with E-state index in [4.69, 9.17) is 0 Å². The molecule has 20 heavy (non-hydrogen) atoms. The van der Waals surface area contributed by atoms with Gasteiger partial charge in [-0.15, -0.1) is 11.3 Å². The van der Waals surface area contributed by atoms with Crippen molar-refractivity contribution in [3.8, 4) is 0 Å². The number of aromatic nitrogens is 1. The average molecular weight is 331 g/mol. The van der Waals surface area contributed by atoms with Crippen LogP contribution in [0.15, 0.2) is 15.9 Å². The Labute approximate surface area is 117 Å². The molecule has 1 heterocycles. The molecule has 0 radical (unpaired) electrons. The van der Waals surface area contributed by atoms with E-state index in [0.717, 1.165) is 18.4 Å². The van der Waals surface area contributed by atoms with Crippen molar-refractivity contribution >= 4 is 27.3 Å². The van der Waals surface area contributed by atoms with Gasteiger partial charge in [-0.3, -0.25) is 9.69 Å². The summed E-state index contributed by atoms with van der Waals surface area (Å²) in [4.78, 5) is 15.9. The fourth-order valence-corrected chi connectivity index (χ4v) is 3.10. The lowest BCUT2D eigenvalue weighted by Crippen LogP contribution is -2.47. The molecule has 1 unspecified atom stereocenters. The predicted molar refractivity (Wildman–Crippen MR) is 65.6 cm³/mol. The lowest BCUT2D eigenvalue weighted by Gasteiger charge is -2.24. The van der Waals surface area contributed by atoms with E-state index in [-0.39, 0.29) is 4.34 Å². The minimum atomic E-state index is -4.47. The molecule has 11 heteroatoms. The number of likely N-dealkylation sites (N-methyl/N-ethyl adjacent to an activating group) is 1. The van der Waals surface area contributed by atoms with Crippen LogP contribution < -0.4 is 4.72 Å². The van der Waals surface area contributed by atoms with Crippen LogP contribution in [0, 0.1) is 0 Å². The highest BCUT2D eigenvalue weighted by atomic mass is 32.2. The fourth-order valence-electron chi connectivity index (χ4n) is 1.22. The third kappa shape index (κ3) is 4.72. The monoisotopic (exact) mass is 331 g/mol. The smallest absolute Gasteiger partial charge is 0.287 e. The minimum absolute atomic E-state index is 0.323. The number of halogens is 3. The number of amides is 1. The van der Waals surface area contributed by atoms with Crippen molar-refractivity contribution in [1.82, 2.24) is 14.6 Å². The van der Waals surface area contributed by atoms with Gasteiger partial charge in [0, 0.05) is 11.6 Å². The Kier molecular flexibility index (Phi) is 5.10. The molecule has 0 spiro atoms. The summed E-state index contributed by atoms with van der Waals surface area (Å²) in [5.74, 6) is -1.05. The van der Waals surface area contributed by atoms with E-state index < -0.39 is 34.7 Å². The first-order valence-corrected chi connectivity index (χ1v) is 7.62. The van der Waals surface area contributed by atoms with E-state index in [1.54, 1.807) is 4.72 Å². The maximum atomic E-state index is 12.2. The number of hydrogen-bond acceptors (Lipinski definition) is 6. The number of alkyl halides is 3. The molecule has 0 aliphatic carbocycles. The van der Waals surface area contributed by atoms with Gasteiger partial charge in [0.15, 0.2) is 0 Å². The van der Waals surface area contributed by atoms with Crippen LogP contribution in [0.5, 0.6) is 0 Å². The maximum Gasteiger partial charge on any atom is 0.401 e. The van der Waals surface area contributed by atoms with Gasteiger partial charge in [-0.25, -0.2) is 9.71 Å². The zero-order chi connectivity index (χ0) is 15.6. The van der Waals surface area contributed by atoms with E-state index in [9.17, 15) is 26.4 Å². The Morgan fingerprint density at radius 2 is 2.15 bits per heavy atom. The highest BCUT2D eigenvalue weighted by Gasteiger charge is 2.34. The maximum absolute atomic E-state index is 12.2. The Balaban J connectivity index is 2.72. The quantitative estimate of drug-likeness (QED) is 0.864. The Hall–Kier alpha value is -1.20. The van der Waals surface area contributed by atoms with E-state index >= 15 is 0 Å². The van der Waals surface area contributed by atoms with Gasteiger partial charge in [-0.1, -0.05) is 0 Å². The molecule has 0 saturated heterocycles. The van der Waals surface area contributed by atoms with Gasteiger partial charge in [0.25, 0.3) is 15.9 Å². The van der Waals surface area contributed by atoms with Crippen LogP contribution in [-0.2, 0) is 14.8 Å². The number of carbonyl (C=O) groups is 1. The van der Waals surface area contributed by atoms with Crippen molar-refractivity contribution < 1.29 is 26.4 Å². The summed E-state index contributed by atoms with van der Waals surface area (Å²) >= 11 is 0.795. The first kappa shape index (κ1) is 16.9. The first-order valence-electron chi connectivity index (χ1n) is 5.26. The number of hydrogen-bond donors (Lipinski definition) is 1. The van der Waals surface area contributed by atoms with Crippen LogP contribution >= 0.6 is 11.3 Å². The van der Waals surface area contributed by atoms with Gasteiger partial charge in [0.2, 0.25) is 4.34 Å². The normalized spacial score (nSPS) is 14.3. The molecule has 1 amide bonds. The molecule has 1 aromatic rings. The first-order chi connectivity index (χ1) is 9.03. The largest absolute Gasteiger partial charge is 0.401 e. The van der Waals surface area contributed by atoms with Crippen molar-refractivity contribution in [3.63, 3.8) is 0 Å². The van der Waals surface area contributed by atoms with Crippen molar-refractivity contribution in [1.29, 1.82) is 0 Å². The van der Waals surface area contributed by atoms with E-state index in [2.05, 4.69) is 4.98 Å².